The Morgan fingerprint density at radius 3 is 2.54 bits per heavy atom. The molecule has 4 nitrogen and oxygen atoms in total. The summed E-state index contributed by atoms with van der Waals surface area (Å²) >= 11 is 0. The lowest BCUT2D eigenvalue weighted by atomic mass is 10.3. The van der Waals surface area contributed by atoms with Crippen molar-refractivity contribution in [2.45, 2.75) is 13.8 Å². The number of methoxy groups -OCH3 is 1. The van der Waals surface area contributed by atoms with Gasteiger partial charge in [-0.3, -0.25) is 4.79 Å². The number of ketones is 1. The lowest BCUT2D eigenvalue weighted by molar-refractivity contribution is -0.120. The maximum Gasteiger partial charge on any atom is 0.194 e. The molecule has 0 unspecified atom stereocenters. The van der Waals surface area contributed by atoms with E-state index in [9.17, 15) is 4.79 Å². The molecule has 0 saturated carbocycles. The molecule has 0 amide bonds. The minimum Gasteiger partial charge on any atom is -0.464 e. The van der Waals surface area contributed by atoms with Gasteiger partial charge >= 0.3 is 0 Å². The van der Waals surface area contributed by atoms with Crippen LogP contribution < -0.4 is 0 Å². The third-order valence-electron chi connectivity index (χ3n) is 1.34. The van der Waals surface area contributed by atoms with E-state index in [-0.39, 0.29) is 12.6 Å². The maximum absolute atomic E-state index is 10.8. The summed E-state index contributed by atoms with van der Waals surface area (Å²) in [5, 5.41) is 0. The number of allylic oxidation sites excluding steroid dienone is 2. The minimum atomic E-state index is -0.0992. The smallest absolute Gasteiger partial charge is 0.194 e. The average Bonchev–Trinajstić information content (AvgIpc) is 2.10. The van der Waals surface area contributed by atoms with Crippen molar-refractivity contribution in [3.8, 4) is 0 Å². The molecule has 0 atom stereocenters. The van der Waals surface area contributed by atoms with E-state index in [4.69, 9.17) is 14.2 Å². The van der Waals surface area contributed by atoms with E-state index < -0.39 is 0 Å². The number of ether oxygens (including phenoxy) is 3. The summed E-state index contributed by atoms with van der Waals surface area (Å²) in [5.74, 6) is 0.232. The van der Waals surface area contributed by atoms with Gasteiger partial charge in [0.05, 0.1) is 13.2 Å². The molecule has 76 valence electrons. The molecular formula is C9H16O4. The number of carbonyl (C=O) groups excluding carboxylic acids is 1. The molecule has 0 rings (SSSR count). The Morgan fingerprint density at radius 1 is 1.38 bits per heavy atom. The van der Waals surface area contributed by atoms with Crippen LogP contribution in [0.2, 0.25) is 0 Å². The van der Waals surface area contributed by atoms with Gasteiger partial charge in [0.1, 0.15) is 0 Å². The van der Waals surface area contributed by atoms with Gasteiger partial charge in [0.15, 0.2) is 18.3 Å². The molecule has 13 heavy (non-hydrogen) atoms. The monoisotopic (exact) mass is 188 g/mol. The third-order valence-corrected chi connectivity index (χ3v) is 1.34. The van der Waals surface area contributed by atoms with Crippen LogP contribution in [0.15, 0.2) is 11.8 Å². The topological polar surface area (TPSA) is 44.8 Å². The largest absolute Gasteiger partial charge is 0.464 e. The first-order valence-electron chi connectivity index (χ1n) is 4.09. The average molecular weight is 188 g/mol. The van der Waals surface area contributed by atoms with Crippen molar-refractivity contribution in [2.24, 2.45) is 0 Å². The molecule has 0 aliphatic heterocycles. The second-order valence-corrected chi connectivity index (χ2v) is 2.37. The molecule has 0 spiro atoms. The third kappa shape index (κ3) is 6.31. The summed E-state index contributed by atoms with van der Waals surface area (Å²) in [6, 6.07) is 0. The second-order valence-electron chi connectivity index (χ2n) is 2.37. The highest BCUT2D eigenvalue weighted by Gasteiger charge is 2.01. The van der Waals surface area contributed by atoms with Gasteiger partial charge in [0, 0.05) is 14.0 Å². The fourth-order valence-electron chi connectivity index (χ4n) is 0.695. The Kier molecular flexibility index (Phi) is 7.24. The Morgan fingerprint density at radius 2 is 2.08 bits per heavy atom. The quantitative estimate of drug-likeness (QED) is 0.260. The number of hydrogen-bond acceptors (Lipinski definition) is 4. The van der Waals surface area contributed by atoms with Crippen molar-refractivity contribution in [1.82, 2.24) is 0 Å². The number of hydrogen-bond donors (Lipinski definition) is 0. The van der Waals surface area contributed by atoms with Crippen molar-refractivity contribution in [2.75, 3.05) is 27.1 Å². The van der Waals surface area contributed by atoms with Gasteiger partial charge in [0.2, 0.25) is 0 Å². The molecule has 0 aromatic rings. The van der Waals surface area contributed by atoms with E-state index in [2.05, 4.69) is 0 Å². The zero-order chi connectivity index (χ0) is 10.1. The highest BCUT2D eigenvalue weighted by Crippen LogP contribution is 1.98. The number of carbonyl (C=O) groups is 1. The molecule has 0 aromatic carbocycles. The lowest BCUT2D eigenvalue weighted by Crippen LogP contribution is -2.08. The van der Waals surface area contributed by atoms with Gasteiger partial charge in [-0.2, -0.15) is 0 Å². The molecule has 0 aliphatic carbocycles. The fourth-order valence-corrected chi connectivity index (χ4v) is 0.695. The van der Waals surface area contributed by atoms with E-state index in [1.807, 2.05) is 0 Å². The van der Waals surface area contributed by atoms with Gasteiger partial charge in [-0.15, -0.1) is 0 Å². The van der Waals surface area contributed by atoms with Gasteiger partial charge in [-0.1, -0.05) is 0 Å². The van der Waals surface area contributed by atoms with Gasteiger partial charge in [-0.25, -0.2) is 0 Å². The molecule has 0 fully saturated rings. The summed E-state index contributed by atoms with van der Waals surface area (Å²) in [7, 11) is 1.59. The Balaban J connectivity index is 3.46. The highest BCUT2D eigenvalue weighted by molar-refractivity contribution is 5.91. The van der Waals surface area contributed by atoms with Crippen LogP contribution in [0.25, 0.3) is 0 Å². The van der Waals surface area contributed by atoms with E-state index in [0.717, 1.165) is 0 Å². The van der Waals surface area contributed by atoms with Crippen LogP contribution >= 0.6 is 0 Å². The summed E-state index contributed by atoms with van der Waals surface area (Å²) in [6.07, 6.45) is 1.61. The van der Waals surface area contributed by atoms with Crippen LogP contribution in [0.5, 0.6) is 0 Å². The SMILES string of the molecule is C/C=C(\OCOCCOC)C(C)=O. The summed E-state index contributed by atoms with van der Waals surface area (Å²) in [6.45, 7) is 4.26. The first-order chi connectivity index (χ1) is 6.22. The second kappa shape index (κ2) is 7.76. The van der Waals surface area contributed by atoms with E-state index in [0.29, 0.717) is 19.0 Å². The molecule has 0 bridgehead atoms. The maximum atomic E-state index is 10.8. The molecule has 4 heteroatoms. The first-order valence-corrected chi connectivity index (χ1v) is 4.09. The lowest BCUT2D eigenvalue weighted by Gasteiger charge is -2.07. The zero-order valence-electron chi connectivity index (χ0n) is 8.33. The van der Waals surface area contributed by atoms with E-state index >= 15 is 0 Å². The molecule has 0 aromatic heterocycles. The van der Waals surface area contributed by atoms with Crippen LogP contribution in [-0.4, -0.2) is 32.9 Å². The van der Waals surface area contributed by atoms with Crippen LogP contribution in [0, 0.1) is 0 Å². The predicted molar refractivity (Wildman–Crippen MR) is 48.2 cm³/mol. The van der Waals surface area contributed by atoms with E-state index in [1.165, 1.54) is 6.92 Å². The summed E-state index contributed by atoms with van der Waals surface area (Å²) < 4.78 is 14.8. The van der Waals surface area contributed by atoms with Crippen molar-refractivity contribution in [3.05, 3.63) is 11.8 Å². The predicted octanol–water partition coefficient (Wildman–Crippen LogP) is 1.12. The number of Topliss-reactive ketones (excluding diaryl/α,β-unsaturated/α-hetero) is 1. The standard InChI is InChI=1S/C9H16O4/c1-4-9(8(2)10)13-7-12-6-5-11-3/h4H,5-7H2,1-3H3/b9-4-. The van der Waals surface area contributed by atoms with Crippen molar-refractivity contribution in [1.29, 1.82) is 0 Å². The minimum absolute atomic E-state index is 0.0859. The molecule has 0 saturated heterocycles. The van der Waals surface area contributed by atoms with Crippen molar-refractivity contribution in [3.63, 3.8) is 0 Å². The van der Waals surface area contributed by atoms with Crippen molar-refractivity contribution < 1.29 is 19.0 Å². The molecule has 0 N–H and O–H groups in total. The molecule has 0 heterocycles. The van der Waals surface area contributed by atoms with E-state index in [1.54, 1.807) is 20.1 Å². The zero-order valence-corrected chi connectivity index (χ0v) is 8.33. The number of rotatable bonds is 7. The highest BCUT2D eigenvalue weighted by atomic mass is 16.7. The Labute approximate surface area is 78.5 Å². The van der Waals surface area contributed by atoms with Gasteiger partial charge in [0.25, 0.3) is 0 Å². The van der Waals surface area contributed by atoms with Crippen LogP contribution in [-0.2, 0) is 19.0 Å². The molecular weight excluding hydrogens is 172 g/mol. The Bertz CT molecular complexity index is 174. The van der Waals surface area contributed by atoms with Crippen molar-refractivity contribution >= 4 is 5.78 Å². The molecule has 0 radical (unpaired) electrons. The summed E-state index contributed by atoms with van der Waals surface area (Å²) in [4.78, 5) is 10.8. The van der Waals surface area contributed by atoms with Crippen LogP contribution in [0.3, 0.4) is 0 Å². The fraction of sp³-hybridized carbons (Fsp3) is 0.667. The molecule has 0 aliphatic rings. The normalized spacial score (nSPS) is 11.5. The first kappa shape index (κ1) is 12.1. The van der Waals surface area contributed by atoms with Crippen LogP contribution in [0.1, 0.15) is 13.8 Å². The summed E-state index contributed by atoms with van der Waals surface area (Å²) in [5.41, 5.74) is 0. The van der Waals surface area contributed by atoms with Gasteiger partial charge in [-0.05, 0) is 13.0 Å². The Hall–Kier alpha value is -0.870. The van der Waals surface area contributed by atoms with Gasteiger partial charge < -0.3 is 14.2 Å². The van der Waals surface area contributed by atoms with Crippen LogP contribution in [0.4, 0.5) is 0 Å².